The standard InChI is InChI=1S/C24H25NO3/c1-2-28-21-15-12-17-8-6-7-11-20(17)22(21)23(26)25-16-24(27,19-13-14-19)18-9-4-3-5-10-18/h3-12,15,19,27H,2,13-14,16H2,1H3,(H,25,26). The first-order valence-corrected chi connectivity index (χ1v) is 9.84. The van der Waals surface area contributed by atoms with Gasteiger partial charge < -0.3 is 15.2 Å². The minimum atomic E-state index is -1.05. The summed E-state index contributed by atoms with van der Waals surface area (Å²) in [4.78, 5) is 13.2. The number of aliphatic hydroxyl groups is 1. The van der Waals surface area contributed by atoms with Crippen LogP contribution < -0.4 is 10.1 Å². The largest absolute Gasteiger partial charge is 0.493 e. The van der Waals surface area contributed by atoms with Gasteiger partial charge in [0, 0.05) is 0 Å². The highest BCUT2D eigenvalue weighted by Gasteiger charge is 2.45. The third-order valence-electron chi connectivity index (χ3n) is 5.46. The Bertz CT molecular complexity index is 982. The molecule has 0 aliphatic heterocycles. The van der Waals surface area contributed by atoms with Gasteiger partial charge >= 0.3 is 0 Å². The van der Waals surface area contributed by atoms with Gasteiger partial charge in [0.15, 0.2) is 0 Å². The van der Waals surface area contributed by atoms with Crippen LogP contribution in [-0.2, 0) is 5.60 Å². The molecule has 1 atom stereocenters. The molecule has 28 heavy (non-hydrogen) atoms. The Balaban J connectivity index is 1.64. The first kappa shape index (κ1) is 18.5. The molecular formula is C24H25NO3. The second kappa shape index (κ2) is 7.64. The van der Waals surface area contributed by atoms with Crippen LogP contribution in [0.15, 0.2) is 66.7 Å². The molecule has 0 bridgehead atoms. The van der Waals surface area contributed by atoms with Crippen LogP contribution in [-0.4, -0.2) is 24.2 Å². The molecule has 4 rings (SSSR count). The number of carbonyl (C=O) groups excluding carboxylic acids is 1. The molecule has 2 N–H and O–H groups in total. The highest BCUT2D eigenvalue weighted by atomic mass is 16.5. The van der Waals surface area contributed by atoms with Crippen molar-refractivity contribution in [1.82, 2.24) is 5.32 Å². The number of carbonyl (C=O) groups is 1. The first-order valence-electron chi connectivity index (χ1n) is 9.84. The number of hydrogen-bond donors (Lipinski definition) is 2. The highest BCUT2D eigenvalue weighted by Crippen LogP contribution is 2.45. The fourth-order valence-corrected chi connectivity index (χ4v) is 3.83. The number of hydrogen-bond acceptors (Lipinski definition) is 3. The van der Waals surface area contributed by atoms with Gasteiger partial charge in [-0.05, 0) is 48.1 Å². The van der Waals surface area contributed by atoms with E-state index in [0.717, 1.165) is 29.2 Å². The molecule has 3 aromatic rings. The number of ether oxygens (including phenoxy) is 1. The Hall–Kier alpha value is -2.85. The van der Waals surface area contributed by atoms with Gasteiger partial charge in [-0.3, -0.25) is 4.79 Å². The van der Waals surface area contributed by atoms with Crippen molar-refractivity contribution in [3.8, 4) is 5.75 Å². The van der Waals surface area contributed by atoms with Crippen molar-refractivity contribution in [3.63, 3.8) is 0 Å². The molecule has 0 spiro atoms. The second-order valence-corrected chi connectivity index (χ2v) is 7.34. The van der Waals surface area contributed by atoms with E-state index < -0.39 is 5.60 Å². The zero-order valence-corrected chi connectivity index (χ0v) is 16.0. The van der Waals surface area contributed by atoms with E-state index in [2.05, 4.69) is 5.32 Å². The SMILES string of the molecule is CCOc1ccc2ccccc2c1C(=O)NCC(O)(c1ccccc1)C1CC1. The minimum Gasteiger partial charge on any atom is -0.493 e. The Morgan fingerprint density at radius 1 is 1.07 bits per heavy atom. The third kappa shape index (κ3) is 3.48. The predicted molar refractivity (Wildman–Crippen MR) is 111 cm³/mol. The molecule has 0 heterocycles. The Labute approximate surface area is 165 Å². The van der Waals surface area contributed by atoms with Crippen LogP contribution in [0.4, 0.5) is 0 Å². The quantitative estimate of drug-likeness (QED) is 0.648. The fraction of sp³-hybridized carbons (Fsp3) is 0.292. The zero-order chi connectivity index (χ0) is 19.6. The number of rotatable bonds is 7. The summed E-state index contributed by atoms with van der Waals surface area (Å²) in [5.74, 6) is 0.512. The van der Waals surface area contributed by atoms with Crippen molar-refractivity contribution in [3.05, 3.63) is 77.9 Å². The fourth-order valence-electron chi connectivity index (χ4n) is 3.83. The van der Waals surface area contributed by atoms with Crippen LogP contribution in [0, 0.1) is 5.92 Å². The number of fused-ring (bicyclic) bond motifs is 1. The average Bonchev–Trinajstić information content (AvgIpc) is 3.58. The van der Waals surface area contributed by atoms with Gasteiger partial charge in [0.2, 0.25) is 0 Å². The van der Waals surface area contributed by atoms with E-state index in [9.17, 15) is 9.90 Å². The van der Waals surface area contributed by atoms with Gasteiger partial charge in [0.1, 0.15) is 11.4 Å². The van der Waals surface area contributed by atoms with Crippen molar-refractivity contribution < 1.29 is 14.6 Å². The summed E-state index contributed by atoms with van der Waals surface area (Å²) in [5, 5.41) is 16.2. The number of nitrogens with one attached hydrogen (secondary N) is 1. The van der Waals surface area contributed by atoms with E-state index in [1.165, 1.54) is 0 Å². The molecule has 1 fully saturated rings. The van der Waals surface area contributed by atoms with Crippen LogP contribution in [0.5, 0.6) is 5.75 Å². The molecule has 4 nitrogen and oxygen atoms in total. The third-order valence-corrected chi connectivity index (χ3v) is 5.46. The van der Waals surface area contributed by atoms with Gasteiger partial charge in [-0.2, -0.15) is 0 Å². The van der Waals surface area contributed by atoms with E-state index in [-0.39, 0.29) is 18.4 Å². The maximum atomic E-state index is 13.2. The summed E-state index contributed by atoms with van der Waals surface area (Å²) in [6.45, 7) is 2.56. The molecule has 1 aliphatic carbocycles. The van der Waals surface area contributed by atoms with E-state index in [1.807, 2.05) is 73.7 Å². The van der Waals surface area contributed by atoms with Gasteiger partial charge in [0.25, 0.3) is 5.91 Å². The monoisotopic (exact) mass is 375 g/mol. The molecule has 3 aromatic carbocycles. The molecule has 144 valence electrons. The molecule has 0 saturated heterocycles. The Morgan fingerprint density at radius 3 is 2.50 bits per heavy atom. The Morgan fingerprint density at radius 2 is 1.79 bits per heavy atom. The number of amides is 1. The maximum absolute atomic E-state index is 13.2. The normalized spacial score (nSPS) is 15.8. The molecule has 0 aromatic heterocycles. The summed E-state index contributed by atoms with van der Waals surface area (Å²) < 4.78 is 5.72. The average molecular weight is 375 g/mol. The van der Waals surface area contributed by atoms with E-state index in [1.54, 1.807) is 0 Å². The van der Waals surface area contributed by atoms with Gasteiger partial charge in [-0.25, -0.2) is 0 Å². The number of benzene rings is 3. The van der Waals surface area contributed by atoms with Crippen molar-refractivity contribution >= 4 is 16.7 Å². The molecule has 1 unspecified atom stereocenters. The topological polar surface area (TPSA) is 58.6 Å². The highest BCUT2D eigenvalue weighted by molar-refractivity contribution is 6.09. The van der Waals surface area contributed by atoms with Crippen molar-refractivity contribution in [2.75, 3.05) is 13.2 Å². The minimum absolute atomic E-state index is 0.175. The smallest absolute Gasteiger partial charge is 0.255 e. The summed E-state index contributed by atoms with van der Waals surface area (Å²) in [6, 6.07) is 21.2. The second-order valence-electron chi connectivity index (χ2n) is 7.34. The summed E-state index contributed by atoms with van der Waals surface area (Å²) >= 11 is 0. The van der Waals surface area contributed by atoms with Crippen LogP contribution >= 0.6 is 0 Å². The lowest BCUT2D eigenvalue weighted by atomic mass is 9.88. The summed E-state index contributed by atoms with van der Waals surface area (Å²) in [6.07, 6.45) is 1.94. The lowest BCUT2D eigenvalue weighted by molar-refractivity contribution is 0.0135. The maximum Gasteiger partial charge on any atom is 0.255 e. The summed E-state index contributed by atoms with van der Waals surface area (Å²) in [7, 11) is 0. The molecule has 1 aliphatic rings. The zero-order valence-electron chi connectivity index (χ0n) is 16.0. The Kier molecular flexibility index (Phi) is 5.05. The van der Waals surface area contributed by atoms with Crippen LogP contribution in [0.25, 0.3) is 10.8 Å². The molecule has 4 heteroatoms. The summed E-state index contributed by atoms with van der Waals surface area (Å²) in [5.41, 5.74) is 0.319. The van der Waals surface area contributed by atoms with Gasteiger partial charge in [-0.15, -0.1) is 0 Å². The lowest BCUT2D eigenvalue weighted by Crippen LogP contribution is -2.42. The molecule has 0 radical (unpaired) electrons. The molecule has 1 amide bonds. The van der Waals surface area contributed by atoms with Gasteiger partial charge in [-0.1, -0.05) is 60.7 Å². The first-order chi connectivity index (χ1) is 13.6. The van der Waals surface area contributed by atoms with E-state index in [4.69, 9.17) is 4.74 Å². The van der Waals surface area contributed by atoms with E-state index >= 15 is 0 Å². The van der Waals surface area contributed by atoms with Crippen LogP contribution in [0.1, 0.15) is 35.7 Å². The van der Waals surface area contributed by atoms with Crippen molar-refractivity contribution in [2.24, 2.45) is 5.92 Å². The molecule has 1 saturated carbocycles. The van der Waals surface area contributed by atoms with E-state index in [0.29, 0.717) is 17.9 Å². The van der Waals surface area contributed by atoms with Gasteiger partial charge in [0.05, 0.1) is 18.7 Å². The predicted octanol–water partition coefficient (Wildman–Crippen LogP) is 4.27. The molecular weight excluding hydrogens is 350 g/mol. The van der Waals surface area contributed by atoms with Crippen molar-refractivity contribution in [1.29, 1.82) is 0 Å². The van der Waals surface area contributed by atoms with Crippen LogP contribution in [0.3, 0.4) is 0 Å². The van der Waals surface area contributed by atoms with Crippen LogP contribution in [0.2, 0.25) is 0 Å². The lowest BCUT2D eigenvalue weighted by Gasteiger charge is -2.29. The van der Waals surface area contributed by atoms with Crippen molar-refractivity contribution in [2.45, 2.75) is 25.4 Å².